The Balaban J connectivity index is 3.33. The molecule has 0 fully saturated rings. The van der Waals surface area contributed by atoms with E-state index in [9.17, 15) is 18.0 Å². The maximum Gasteiger partial charge on any atom is 0.417 e. The Bertz CT molecular complexity index is 396. The summed E-state index contributed by atoms with van der Waals surface area (Å²) in [6, 6.07) is 3.46. The van der Waals surface area contributed by atoms with Gasteiger partial charge in [0.15, 0.2) is 0 Å². The first-order valence-electron chi connectivity index (χ1n) is 3.94. The maximum atomic E-state index is 12.5. The van der Waals surface area contributed by atoms with Crippen LogP contribution >= 0.6 is 11.6 Å². The number of carbonyl (C=O) groups excluding carboxylic acids is 1. The molecule has 80 valence electrons. The first-order valence-corrected chi connectivity index (χ1v) is 4.32. The van der Waals surface area contributed by atoms with Crippen molar-refractivity contribution in [1.82, 2.24) is 0 Å². The van der Waals surface area contributed by atoms with Crippen molar-refractivity contribution in [3.8, 4) is 0 Å². The molecule has 0 unspecified atom stereocenters. The molecule has 1 rings (SSSR count). The van der Waals surface area contributed by atoms with Crippen LogP contribution in [0.1, 0.15) is 11.1 Å². The quantitative estimate of drug-likeness (QED) is 0.565. The van der Waals surface area contributed by atoms with Gasteiger partial charge in [0.1, 0.15) is 6.29 Å². The van der Waals surface area contributed by atoms with E-state index in [0.29, 0.717) is 6.29 Å². The zero-order valence-electron chi connectivity index (χ0n) is 7.38. The summed E-state index contributed by atoms with van der Waals surface area (Å²) in [6.07, 6.45) is -2.08. The smallest absolute Gasteiger partial charge is 0.299 e. The van der Waals surface area contributed by atoms with Crippen LogP contribution < -0.4 is 0 Å². The minimum Gasteiger partial charge on any atom is -0.299 e. The molecule has 0 amide bonds. The second kappa shape index (κ2) is 4.49. The van der Waals surface area contributed by atoms with Crippen LogP contribution in [0.25, 0.3) is 6.08 Å². The molecule has 0 spiro atoms. The van der Waals surface area contributed by atoms with Crippen molar-refractivity contribution in [2.24, 2.45) is 0 Å². The molecule has 0 atom stereocenters. The first-order chi connectivity index (χ1) is 6.96. The van der Waals surface area contributed by atoms with Crippen LogP contribution in [0, 0.1) is 0 Å². The third-order valence-corrected chi connectivity index (χ3v) is 2.03. The number of hydrogen-bond acceptors (Lipinski definition) is 1. The van der Waals surface area contributed by atoms with E-state index < -0.39 is 11.7 Å². The van der Waals surface area contributed by atoms with E-state index in [0.717, 1.165) is 18.2 Å². The number of hydrogen-bond donors (Lipinski definition) is 0. The fraction of sp³-hybridized carbons (Fsp3) is 0.100. The number of rotatable bonds is 2. The number of alkyl halides is 3. The van der Waals surface area contributed by atoms with Crippen LogP contribution in [-0.2, 0) is 11.0 Å². The van der Waals surface area contributed by atoms with Crippen molar-refractivity contribution in [2.45, 2.75) is 6.18 Å². The normalized spacial score (nSPS) is 12.0. The summed E-state index contributed by atoms with van der Waals surface area (Å²) in [5.41, 5.74) is -1.05. The average molecular weight is 235 g/mol. The van der Waals surface area contributed by atoms with E-state index >= 15 is 0 Å². The van der Waals surface area contributed by atoms with E-state index in [2.05, 4.69) is 0 Å². The van der Waals surface area contributed by atoms with Gasteiger partial charge in [-0.05, 0) is 24.3 Å². The summed E-state index contributed by atoms with van der Waals surface area (Å²) in [4.78, 5) is 10.0. The lowest BCUT2D eigenvalue weighted by Crippen LogP contribution is -2.07. The molecule has 0 aliphatic heterocycles. The van der Waals surface area contributed by atoms with Gasteiger partial charge < -0.3 is 0 Å². The van der Waals surface area contributed by atoms with E-state index in [-0.39, 0.29) is 10.6 Å². The zero-order chi connectivity index (χ0) is 11.5. The topological polar surface area (TPSA) is 17.1 Å². The maximum absolute atomic E-state index is 12.5. The van der Waals surface area contributed by atoms with Gasteiger partial charge in [-0.2, -0.15) is 13.2 Å². The molecule has 1 nitrogen and oxygen atoms in total. The molecular formula is C10H6ClF3O. The molecule has 0 radical (unpaired) electrons. The predicted molar refractivity (Wildman–Crippen MR) is 51.6 cm³/mol. The van der Waals surface area contributed by atoms with Crippen LogP contribution in [-0.4, -0.2) is 6.29 Å². The SMILES string of the molecule is O=C/C=C/c1c(Cl)cccc1C(F)(F)F. The number of benzene rings is 1. The third kappa shape index (κ3) is 2.83. The summed E-state index contributed by atoms with van der Waals surface area (Å²) < 4.78 is 37.4. The van der Waals surface area contributed by atoms with Crippen LogP contribution in [0.3, 0.4) is 0 Å². The molecular weight excluding hydrogens is 229 g/mol. The van der Waals surface area contributed by atoms with Crippen molar-refractivity contribution in [3.63, 3.8) is 0 Å². The van der Waals surface area contributed by atoms with Crippen LogP contribution in [0.5, 0.6) is 0 Å². The van der Waals surface area contributed by atoms with Crippen molar-refractivity contribution < 1.29 is 18.0 Å². The molecule has 0 saturated carbocycles. The van der Waals surface area contributed by atoms with Crippen molar-refractivity contribution >= 4 is 24.0 Å². The van der Waals surface area contributed by atoms with E-state index in [4.69, 9.17) is 11.6 Å². The van der Waals surface area contributed by atoms with E-state index in [1.807, 2.05) is 0 Å². The van der Waals surface area contributed by atoms with Crippen molar-refractivity contribution in [1.29, 1.82) is 0 Å². The van der Waals surface area contributed by atoms with Gasteiger partial charge in [-0.15, -0.1) is 0 Å². The summed E-state index contributed by atoms with van der Waals surface area (Å²) >= 11 is 5.60. The molecule has 0 heterocycles. The summed E-state index contributed by atoms with van der Waals surface area (Å²) in [7, 11) is 0. The molecule has 0 saturated heterocycles. The van der Waals surface area contributed by atoms with Gasteiger partial charge in [0.05, 0.1) is 5.56 Å². The van der Waals surface area contributed by atoms with Gasteiger partial charge in [-0.3, -0.25) is 4.79 Å². The van der Waals surface area contributed by atoms with Gasteiger partial charge in [-0.1, -0.05) is 17.7 Å². The highest BCUT2D eigenvalue weighted by atomic mass is 35.5. The second-order valence-electron chi connectivity index (χ2n) is 2.69. The van der Waals surface area contributed by atoms with E-state index in [1.165, 1.54) is 12.1 Å². The number of carbonyl (C=O) groups is 1. The molecule has 0 aliphatic rings. The lowest BCUT2D eigenvalue weighted by Gasteiger charge is -2.10. The molecule has 0 aromatic heterocycles. The van der Waals surface area contributed by atoms with Crippen LogP contribution in [0.15, 0.2) is 24.3 Å². The fourth-order valence-corrected chi connectivity index (χ4v) is 1.33. The van der Waals surface area contributed by atoms with Gasteiger partial charge >= 0.3 is 6.18 Å². The van der Waals surface area contributed by atoms with Crippen LogP contribution in [0.4, 0.5) is 13.2 Å². The minimum absolute atomic E-state index is 0.0390. The summed E-state index contributed by atoms with van der Waals surface area (Å²) in [5.74, 6) is 0. The lowest BCUT2D eigenvalue weighted by molar-refractivity contribution is -0.137. The largest absolute Gasteiger partial charge is 0.417 e. The zero-order valence-corrected chi connectivity index (χ0v) is 8.14. The number of allylic oxidation sites excluding steroid dienone is 1. The molecule has 0 bridgehead atoms. The highest BCUT2D eigenvalue weighted by Gasteiger charge is 2.33. The predicted octanol–water partition coefficient (Wildman–Crippen LogP) is 3.57. The number of halogens is 4. The second-order valence-corrected chi connectivity index (χ2v) is 3.10. The average Bonchev–Trinajstić information content (AvgIpc) is 2.14. The van der Waals surface area contributed by atoms with Gasteiger partial charge in [0, 0.05) is 10.6 Å². The van der Waals surface area contributed by atoms with E-state index in [1.54, 1.807) is 0 Å². The first kappa shape index (κ1) is 11.8. The molecule has 1 aromatic carbocycles. The van der Waals surface area contributed by atoms with Crippen molar-refractivity contribution in [3.05, 3.63) is 40.4 Å². The Morgan fingerprint density at radius 1 is 1.27 bits per heavy atom. The summed E-state index contributed by atoms with van der Waals surface area (Å²) in [5, 5.41) is -0.0390. The Morgan fingerprint density at radius 2 is 1.93 bits per heavy atom. The Labute approximate surface area is 89.2 Å². The molecule has 0 N–H and O–H groups in total. The Hall–Kier alpha value is -1.29. The highest BCUT2D eigenvalue weighted by Crippen LogP contribution is 2.35. The fourth-order valence-electron chi connectivity index (χ4n) is 1.09. The minimum atomic E-state index is -4.48. The van der Waals surface area contributed by atoms with Gasteiger partial charge in [0.2, 0.25) is 0 Å². The van der Waals surface area contributed by atoms with Gasteiger partial charge in [0.25, 0.3) is 0 Å². The highest BCUT2D eigenvalue weighted by molar-refractivity contribution is 6.32. The number of aldehydes is 1. The monoisotopic (exact) mass is 234 g/mol. The Morgan fingerprint density at radius 3 is 2.47 bits per heavy atom. The molecule has 1 aromatic rings. The third-order valence-electron chi connectivity index (χ3n) is 1.70. The van der Waals surface area contributed by atoms with Crippen molar-refractivity contribution in [2.75, 3.05) is 0 Å². The standard InChI is InChI=1S/C10H6ClF3O/c11-9-5-1-4-8(10(12,13)14)7(9)3-2-6-15/h1-6H/b3-2+. The molecule has 5 heteroatoms. The molecule has 0 aliphatic carbocycles. The van der Waals surface area contributed by atoms with Gasteiger partial charge in [-0.25, -0.2) is 0 Å². The van der Waals surface area contributed by atoms with Crippen LogP contribution in [0.2, 0.25) is 5.02 Å². The Kier molecular flexibility index (Phi) is 3.52. The lowest BCUT2D eigenvalue weighted by atomic mass is 10.1. The molecule has 15 heavy (non-hydrogen) atoms. The summed E-state index contributed by atoms with van der Waals surface area (Å²) in [6.45, 7) is 0.